The van der Waals surface area contributed by atoms with Crippen molar-refractivity contribution in [3.63, 3.8) is 0 Å². The lowest BCUT2D eigenvalue weighted by Crippen LogP contribution is -2.33. The molecule has 1 aliphatic carbocycles. The van der Waals surface area contributed by atoms with Gasteiger partial charge >= 0.3 is 0 Å². The van der Waals surface area contributed by atoms with Crippen LogP contribution in [-0.4, -0.2) is 24.8 Å². The van der Waals surface area contributed by atoms with Gasteiger partial charge in [-0.3, -0.25) is 0 Å². The van der Waals surface area contributed by atoms with E-state index in [0.29, 0.717) is 5.92 Å². The van der Waals surface area contributed by atoms with Crippen molar-refractivity contribution in [3.05, 3.63) is 15.0 Å². The molecule has 1 aromatic rings. The first-order valence-electron chi connectivity index (χ1n) is 6.42. The summed E-state index contributed by atoms with van der Waals surface area (Å²) in [6.45, 7) is 1.91. The third-order valence-corrected chi connectivity index (χ3v) is 5.01. The number of nitrogens with two attached hydrogens (primary N) is 1. The van der Waals surface area contributed by atoms with Gasteiger partial charge in [0.1, 0.15) is 10.6 Å². The van der Waals surface area contributed by atoms with Crippen LogP contribution in [0.5, 0.6) is 0 Å². The average molecular weight is 385 g/mol. The molecular weight excluding hydrogens is 364 g/mol. The Morgan fingerprint density at radius 3 is 2.35 bits per heavy atom. The van der Waals surface area contributed by atoms with Crippen LogP contribution in [0, 0.1) is 5.92 Å². The highest BCUT2D eigenvalue weighted by molar-refractivity contribution is 9.11. The summed E-state index contributed by atoms with van der Waals surface area (Å²) in [6, 6.07) is 0. The fraction of sp³-hybridized carbons (Fsp3) is 0.750. The van der Waals surface area contributed by atoms with Crippen molar-refractivity contribution in [1.82, 2.24) is 4.98 Å². The van der Waals surface area contributed by atoms with Gasteiger partial charge in [-0.05, 0) is 41.6 Å². The lowest BCUT2D eigenvalue weighted by atomic mass is 9.78. The molecule has 2 rings (SSSR count). The van der Waals surface area contributed by atoms with E-state index < -0.39 is 15.6 Å². The Hall–Kier alpha value is -0.0200. The smallest absolute Gasteiger partial charge is 0.206 e. The predicted octanol–water partition coefficient (Wildman–Crippen LogP) is 2.60. The number of primary sulfonamides is 1. The lowest BCUT2D eigenvalue weighted by Gasteiger charge is -2.33. The SMILES string of the molecule is CC(O)(c1ncc(Br)s1)C1CCCCC1.CS(N)(=O)=O. The minimum atomic E-state index is -3.17. The number of halogens is 1. The zero-order valence-electron chi connectivity index (χ0n) is 11.7. The number of sulfonamides is 1. The maximum Gasteiger partial charge on any atom is 0.206 e. The monoisotopic (exact) mass is 384 g/mol. The van der Waals surface area contributed by atoms with Crippen molar-refractivity contribution in [3.8, 4) is 0 Å². The lowest BCUT2D eigenvalue weighted by molar-refractivity contribution is -0.0216. The molecule has 1 fully saturated rings. The van der Waals surface area contributed by atoms with Crippen molar-refractivity contribution in [1.29, 1.82) is 0 Å². The molecule has 5 nitrogen and oxygen atoms in total. The van der Waals surface area contributed by atoms with E-state index in [1.807, 2.05) is 6.92 Å². The number of hydrogen-bond acceptors (Lipinski definition) is 5. The molecule has 0 bridgehead atoms. The number of hydrogen-bond donors (Lipinski definition) is 2. The van der Waals surface area contributed by atoms with Crippen molar-refractivity contribution in [2.75, 3.05) is 6.26 Å². The number of thiazole rings is 1. The molecule has 116 valence electrons. The second-order valence-electron chi connectivity index (χ2n) is 5.28. The standard InChI is InChI=1S/C11H16BrNOS.CH5NO2S/c1-11(14,8-5-3-2-4-6-8)10-13-7-9(12)15-10;1-5(2,3)4/h7-8,14H,2-6H2,1H3;1H3,(H2,2,3,4). The Balaban J connectivity index is 0.000000347. The first-order valence-corrected chi connectivity index (χ1v) is 9.99. The number of aromatic nitrogens is 1. The molecule has 1 unspecified atom stereocenters. The molecule has 1 aromatic heterocycles. The zero-order valence-corrected chi connectivity index (χ0v) is 14.9. The molecule has 1 atom stereocenters. The molecule has 1 saturated carbocycles. The highest BCUT2D eigenvalue weighted by Crippen LogP contribution is 2.40. The molecule has 8 heteroatoms. The summed E-state index contributed by atoms with van der Waals surface area (Å²) < 4.78 is 19.8. The Kier molecular flexibility index (Phi) is 6.59. The molecule has 0 amide bonds. The maximum atomic E-state index is 10.6. The Labute approximate surface area is 132 Å². The van der Waals surface area contributed by atoms with Gasteiger partial charge in [0.15, 0.2) is 0 Å². The average Bonchev–Trinajstić information content (AvgIpc) is 2.76. The highest BCUT2D eigenvalue weighted by atomic mass is 79.9. The van der Waals surface area contributed by atoms with E-state index in [-0.39, 0.29) is 0 Å². The van der Waals surface area contributed by atoms with E-state index in [9.17, 15) is 13.5 Å². The van der Waals surface area contributed by atoms with E-state index in [0.717, 1.165) is 27.9 Å². The summed E-state index contributed by atoms with van der Waals surface area (Å²) in [5.74, 6) is 0.379. The van der Waals surface area contributed by atoms with E-state index in [2.05, 4.69) is 26.1 Å². The second-order valence-corrected chi connectivity index (χ2v) is 9.35. The van der Waals surface area contributed by atoms with Crippen LogP contribution in [0.1, 0.15) is 44.0 Å². The molecule has 0 aromatic carbocycles. The molecule has 0 aliphatic heterocycles. The van der Waals surface area contributed by atoms with Crippen LogP contribution in [0.2, 0.25) is 0 Å². The minimum Gasteiger partial charge on any atom is -0.383 e. The van der Waals surface area contributed by atoms with Crippen molar-refractivity contribution in [2.24, 2.45) is 11.1 Å². The molecule has 20 heavy (non-hydrogen) atoms. The van der Waals surface area contributed by atoms with Crippen LogP contribution >= 0.6 is 27.3 Å². The van der Waals surface area contributed by atoms with Crippen molar-refractivity contribution in [2.45, 2.75) is 44.6 Å². The molecule has 0 saturated heterocycles. The van der Waals surface area contributed by atoms with Crippen LogP contribution in [0.15, 0.2) is 9.98 Å². The first kappa shape index (κ1) is 18.0. The second kappa shape index (κ2) is 7.31. The molecular formula is C12H21BrN2O3S2. The van der Waals surface area contributed by atoms with Gasteiger partial charge < -0.3 is 5.11 Å². The summed E-state index contributed by atoms with van der Waals surface area (Å²) in [5, 5.41) is 15.7. The van der Waals surface area contributed by atoms with Crippen LogP contribution in [0.4, 0.5) is 0 Å². The van der Waals surface area contributed by atoms with E-state index in [1.54, 1.807) is 17.5 Å². The Morgan fingerprint density at radius 1 is 1.45 bits per heavy atom. The fourth-order valence-electron chi connectivity index (χ4n) is 2.33. The number of nitrogens with zero attached hydrogens (tertiary/aromatic N) is 1. The van der Waals surface area contributed by atoms with Crippen LogP contribution in [0.25, 0.3) is 0 Å². The maximum absolute atomic E-state index is 10.6. The first-order chi connectivity index (χ1) is 9.10. The van der Waals surface area contributed by atoms with Gasteiger partial charge in [0.05, 0.1) is 16.2 Å². The summed E-state index contributed by atoms with van der Waals surface area (Å²) in [7, 11) is -3.17. The number of aliphatic hydroxyl groups is 1. The Bertz CT molecular complexity index is 515. The van der Waals surface area contributed by atoms with Gasteiger partial charge in [0.2, 0.25) is 10.0 Å². The third-order valence-electron chi connectivity index (χ3n) is 3.31. The third kappa shape index (κ3) is 6.17. The van der Waals surface area contributed by atoms with Gasteiger partial charge in [-0.25, -0.2) is 18.5 Å². The summed E-state index contributed by atoms with van der Waals surface area (Å²) in [6.07, 6.45) is 8.77. The van der Waals surface area contributed by atoms with Gasteiger partial charge in [0, 0.05) is 0 Å². The molecule has 1 aliphatic rings. The van der Waals surface area contributed by atoms with Crippen LogP contribution in [0.3, 0.4) is 0 Å². The molecule has 0 radical (unpaired) electrons. The van der Waals surface area contributed by atoms with E-state index in [4.69, 9.17) is 0 Å². The number of rotatable bonds is 2. The van der Waals surface area contributed by atoms with Crippen molar-refractivity contribution < 1.29 is 13.5 Å². The molecule has 0 spiro atoms. The normalized spacial score (nSPS) is 19.9. The van der Waals surface area contributed by atoms with E-state index >= 15 is 0 Å². The van der Waals surface area contributed by atoms with Crippen LogP contribution in [-0.2, 0) is 15.6 Å². The van der Waals surface area contributed by atoms with Gasteiger partial charge in [-0.1, -0.05) is 19.3 Å². The minimum absolute atomic E-state index is 0.379. The summed E-state index contributed by atoms with van der Waals surface area (Å²) in [5.41, 5.74) is -0.739. The molecule has 1 heterocycles. The van der Waals surface area contributed by atoms with Gasteiger partial charge in [0.25, 0.3) is 0 Å². The quantitative estimate of drug-likeness (QED) is 0.818. The van der Waals surface area contributed by atoms with Crippen molar-refractivity contribution >= 4 is 37.3 Å². The largest absolute Gasteiger partial charge is 0.383 e. The highest BCUT2D eigenvalue weighted by Gasteiger charge is 2.36. The Morgan fingerprint density at radius 2 is 1.95 bits per heavy atom. The summed E-state index contributed by atoms with van der Waals surface area (Å²) in [4.78, 5) is 4.28. The summed E-state index contributed by atoms with van der Waals surface area (Å²) >= 11 is 4.94. The predicted molar refractivity (Wildman–Crippen MR) is 85.0 cm³/mol. The zero-order chi connectivity index (χ0) is 15.4. The van der Waals surface area contributed by atoms with Crippen LogP contribution < -0.4 is 5.14 Å². The van der Waals surface area contributed by atoms with Gasteiger partial charge in [-0.2, -0.15) is 0 Å². The van der Waals surface area contributed by atoms with Gasteiger partial charge in [-0.15, -0.1) is 11.3 Å². The topological polar surface area (TPSA) is 93.3 Å². The fourth-order valence-corrected chi connectivity index (χ4v) is 3.66. The molecule has 3 N–H and O–H groups in total. The van der Waals surface area contributed by atoms with E-state index in [1.165, 1.54) is 19.3 Å².